The van der Waals surface area contributed by atoms with E-state index in [-0.39, 0.29) is 17.7 Å². The van der Waals surface area contributed by atoms with Crippen LogP contribution < -0.4 is 0 Å². The Morgan fingerprint density at radius 3 is 2.42 bits per heavy atom. The number of fused-ring (bicyclic) bond motifs is 3. The molecule has 1 aliphatic carbocycles. The normalized spacial score (nSPS) is 24.9. The summed E-state index contributed by atoms with van der Waals surface area (Å²) < 4.78 is 0. The maximum atomic E-state index is 13.0. The molecule has 1 atom stereocenters. The van der Waals surface area contributed by atoms with Gasteiger partial charge in [-0.2, -0.15) is 0 Å². The van der Waals surface area contributed by atoms with E-state index in [9.17, 15) is 9.59 Å². The van der Waals surface area contributed by atoms with Crippen molar-refractivity contribution in [3.63, 3.8) is 0 Å². The highest BCUT2D eigenvalue weighted by atomic mass is 16.2. The second kappa shape index (κ2) is 4.69. The van der Waals surface area contributed by atoms with Gasteiger partial charge in [-0.3, -0.25) is 9.59 Å². The zero-order valence-corrected chi connectivity index (χ0v) is 13.3. The molecule has 120 valence electrons. The average Bonchev–Trinajstić information content (AvgIpc) is 3.36. The van der Waals surface area contributed by atoms with E-state index in [1.807, 2.05) is 64.4 Å². The van der Waals surface area contributed by atoms with E-state index >= 15 is 0 Å². The van der Waals surface area contributed by atoms with Crippen LogP contribution in [0, 0.1) is 5.92 Å². The summed E-state index contributed by atoms with van der Waals surface area (Å²) in [7, 11) is 0. The molecule has 1 saturated carbocycles. The third-order valence-corrected chi connectivity index (χ3v) is 5.48. The van der Waals surface area contributed by atoms with Gasteiger partial charge in [-0.25, -0.2) is 0 Å². The molecule has 0 radical (unpaired) electrons. The Labute approximate surface area is 140 Å². The van der Waals surface area contributed by atoms with Crippen molar-refractivity contribution in [1.82, 2.24) is 9.80 Å². The van der Waals surface area contributed by atoms with Gasteiger partial charge in [-0.05, 0) is 18.9 Å². The van der Waals surface area contributed by atoms with Gasteiger partial charge in [0.05, 0.1) is 0 Å². The van der Waals surface area contributed by atoms with Crippen LogP contribution in [-0.2, 0) is 10.5 Å². The number of rotatable bonds is 2. The van der Waals surface area contributed by atoms with Gasteiger partial charge in [0.1, 0.15) is 0 Å². The molecule has 0 unspecified atom stereocenters. The monoisotopic (exact) mass is 318 g/mol. The molecular weight excluding hydrogens is 300 g/mol. The van der Waals surface area contributed by atoms with E-state index in [2.05, 4.69) is 0 Å². The summed E-state index contributed by atoms with van der Waals surface area (Å²) in [5, 5.41) is 0. The summed E-state index contributed by atoms with van der Waals surface area (Å²) in [5.41, 5.74) is 1.88. The highest BCUT2D eigenvalue weighted by Crippen LogP contribution is 2.51. The fraction of sp³-hybridized carbons (Fsp3) is 0.300. The second-order valence-electron chi connectivity index (χ2n) is 6.80. The molecule has 2 aliphatic heterocycles. The van der Waals surface area contributed by atoms with Crippen LogP contribution in [-0.4, -0.2) is 34.7 Å². The molecule has 2 heterocycles. The molecule has 2 aromatic rings. The second-order valence-corrected chi connectivity index (χ2v) is 6.80. The fourth-order valence-electron chi connectivity index (χ4n) is 4.29. The molecule has 2 fully saturated rings. The molecule has 2 amide bonds. The van der Waals surface area contributed by atoms with Gasteiger partial charge in [0, 0.05) is 35.7 Å². The zero-order valence-electron chi connectivity index (χ0n) is 13.3. The number of benzene rings is 2. The summed E-state index contributed by atoms with van der Waals surface area (Å²) in [6.07, 6.45) is 1.94. The molecule has 5 rings (SSSR count). The van der Waals surface area contributed by atoms with Gasteiger partial charge >= 0.3 is 0 Å². The molecule has 0 spiro atoms. The largest absolute Gasteiger partial charge is 0.309 e. The molecule has 1 saturated heterocycles. The predicted octanol–water partition coefficient (Wildman–Crippen LogP) is 2.60. The molecule has 24 heavy (non-hydrogen) atoms. The minimum absolute atomic E-state index is 0.0283. The average molecular weight is 318 g/mol. The number of nitrogens with zero attached hydrogens (tertiary/aromatic N) is 2. The summed E-state index contributed by atoms with van der Waals surface area (Å²) in [6.45, 7) is 1.19. The van der Waals surface area contributed by atoms with Crippen LogP contribution in [0.5, 0.6) is 0 Å². The minimum Gasteiger partial charge on any atom is -0.309 e. The Bertz CT molecular complexity index is 844. The molecule has 0 aromatic heterocycles. The van der Waals surface area contributed by atoms with Gasteiger partial charge in [-0.15, -0.1) is 0 Å². The number of hydrogen-bond acceptors (Lipinski definition) is 2. The molecule has 3 aliphatic rings. The molecule has 0 N–H and O–H groups in total. The SMILES string of the molecule is O=C1c2ccccc2[C@@]2(c3ccccc3)N1CCN2C(=O)C1CC1. The van der Waals surface area contributed by atoms with Crippen molar-refractivity contribution in [2.45, 2.75) is 18.5 Å². The maximum Gasteiger partial charge on any atom is 0.256 e. The van der Waals surface area contributed by atoms with Crippen molar-refractivity contribution < 1.29 is 9.59 Å². The van der Waals surface area contributed by atoms with E-state index in [1.165, 1.54) is 0 Å². The van der Waals surface area contributed by atoms with E-state index < -0.39 is 5.66 Å². The maximum absolute atomic E-state index is 13.0. The topological polar surface area (TPSA) is 40.6 Å². The quantitative estimate of drug-likeness (QED) is 0.854. The van der Waals surface area contributed by atoms with E-state index in [0.29, 0.717) is 13.1 Å². The summed E-state index contributed by atoms with van der Waals surface area (Å²) in [6, 6.07) is 17.7. The highest BCUT2D eigenvalue weighted by molar-refractivity contribution is 6.02. The highest BCUT2D eigenvalue weighted by Gasteiger charge is 2.60. The third kappa shape index (κ3) is 1.58. The van der Waals surface area contributed by atoms with Crippen LogP contribution in [0.15, 0.2) is 54.6 Å². The Kier molecular flexibility index (Phi) is 2.70. The zero-order chi connectivity index (χ0) is 16.3. The van der Waals surface area contributed by atoms with Gasteiger partial charge in [0.25, 0.3) is 5.91 Å². The lowest BCUT2D eigenvalue weighted by molar-refractivity contribution is -0.137. The first kappa shape index (κ1) is 13.8. The number of carbonyl (C=O) groups excluding carboxylic acids is 2. The molecule has 2 aromatic carbocycles. The van der Waals surface area contributed by atoms with Crippen LogP contribution in [0.25, 0.3) is 0 Å². The summed E-state index contributed by atoms with van der Waals surface area (Å²) in [5.74, 6) is 0.347. The van der Waals surface area contributed by atoms with Crippen LogP contribution in [0.4, 0.5) is 0 Å². The molecule has 4 heteroatoms. The third-order valence-electron chi connectivity index (χ3n) is 5.48. The first-order valence-corrected chi connectivity index (χ1v) is 8.53. The lowest BCUT2D eigenvalue weighted by Gasteiger charge is -2.40. The van der Waals surface area contributed by atoms with Crippen molar-refractivity contribution in [1.29, 1.82) is 0 Å². The smallest absolute Gasteiger partial charge is 0.256 e. The number of amides is 2. The van der Waals surface area contributed by atoms with Crippen molar-refractivity contribution in [2.75, 3.05) is 13.1 Å². The summed E-state index contributed by atoms with van der Waals surface area (Å²) >= 11 is 0. The Morgan fingerprint density at radius 2 is 1.67 bits per heavy atom. The van der Waals surface area contributed by atoms with Crippen LogP contribution in [0.2, 0.25) is 0 Å². The predicted molar refractivity (Wildman–Crippen MR) is 89.1 cm³/mol. The first-order valence-electron chi connectivity index (χ1n) is 8.53. The van der Waals surface area contributed by atoms with Crippen molar-refractivity contribution in [3.05, 3.63) is 71.3 Å². The van der Waals surface area contributed by atoms with Crippen LogP contribution in [0.1, 0.15) is 34.3 Å². The fourth-order valence-corrected chi connectivity index (χ4v) is 4.29. The van der Waals surface area contributed by atoms with Crippen molar-refractivity contribution in [3.8, 4) is 0 Å². The standard InChI is InChI=1S/C20H18N2O2/c23-18(14-10-11-14)21-12-13-22-19(24)16-8-4-5-9-17(16)20(21,22)15-6-2-1-3-7-15/h1-9,14H,10-13H2/t20-/m1/s1. The van der Waals surface area contributed by atoms with Gasteiger partial charge in [0.2, 0.25) is 5.91 Å². The molecule has 0 bridgehead atoms. The van der Waals surface area contributed by atoms with Gasteiger partial charge < -0.3 is 9.80 Å². The van der Waals surface area contributed by atoms with Crippen LogP contribution >= 0.6 is 0 Å². The summed E-state index contributed by atoms with van der Waals surface area (Å²) in [4.78, 5) is 29.9. The van der Waals surface area contributed by atoms with E-state index in [0.717, 1.165) is 29.5 Å². The van der Waals surface area contributed by atoms with Crippen molar-refractivity contribution >= 4 is 11.8 Å². The molecular formula is C20H18N2O2. The Hall–Kier alpha value is -2.62. The van der Waals surface area contributed by atoms with Crippen molar-refractivity contribution in [2.24, 2.45) is 5.92 Å². The number of carbonyl (C=O) groups is 2. The Morgan fingerprint density at radius 1 is 0.958 bits per heavy atom. The Balaban J connectivity index is 1.79. The minimum atomic E-state index is -0.769. The van der Waals surface area contributed by atoms with Gasteiger partial charge in [-0.1, -0.05) is 48.5 Å². The lowest BCUT2D eigenvalue weighted by atomic mass is 9.89. The first-order chi connectivity index (χ1) is 11.7. The number of hydrogen-bond donors (Lipinski definition) is 0. The lowest BCUT2D eigenvalue weighted by Crippen LogP contribution is -2.52. The van der Waals surface area contributed by atoms with E-state index in [1.54, 1.807) is 0 Å². The van der Waals surface area contributed by atoms with E-state index in [4.69, 9.17) is 0 Å². The van der Waals surface area contributed by atoms with Crippen LogP contribution in [0.3, 0.4) is 0 Å². The molecule has 4 nitrogen and oxygen atoms in total. The van der Waals surface area contributed by atoms with Gasteiger partial charge in [0.15, 0.2) is 5.66 Å².